The molecule has 0 atom stereocenters. The molecule has 1 fully saturated rings. The second-order valence-electron chi connectivity index (χ2n) is 3.54. The van der Waals surface area contributed by atoms with Gasteiger partial charge in [-0.05, 0) is 30.4 Å². The van der Waals surface area contributed by atoms with E-state index in [0.29, 0.717) is 11.6 Å². The number of hydrogen-bond donors (Lipinski definition) is 0. The number of hydrogen-bond acceptors (Lipinski definition) is 2. The molecular weight excluding hydrogens is 166 g/mol. The molecule has 0 aliphatic heterocycles. The fraction of sp³-hybridized carbons (Fsp3) is 0.500. The van der Waals surface area contributed by atoms with Crippen molar-refractivity contribution in [3.63, 3.8) is 0 Å². The summed E-state index contributed by atoms with van der Waals surface area (Å²) in [5.41, 5.74) is 1.91. The van der Waals surface area contributed by atoms with E-state index in [1.165, 1.54) is 25.5 Å². The maximum absolute atomic E-state index is 11.2. The van der Waals surface area contributed by atoms with Gasteiger partial charge >= 0.3 is 5.97 Å². The molecule has 0 unspecified atom stereocenters. The number of methoxy groups -OCH3 is 1. The summed E-state index contributed by atoms with van der Waals surface area (Å²) in [4.78, 5) is 11.2. The molecule has 0 aromatic carbocycles. The van der Waals surface area contributed by atoms with Crippen LogP contribution in [0.4, 0.5) is 0 Å². The number of rotatable bonds is 2. The van der Waals surface area contributed by atoms with Crippen LogP contribution in [0.5, 0.6) is 0 Å². The summed E-state index contributed by atoms with van der Waals surface area (Å²) < 4.78 is 6.50. The van der Waals surface area contributed by atoms with Gasteiger partial charge in [0.05, 0.1) is 7.11 Å². The maximum Gasteiger partial charge on any atom is 0.354 e. The minimum Gasteiger partial charge on any atom is -0.464 e. The first-order chi connectivity index (χ1) is 6.22. The van der Waals surface area contributed by atoms with Crippen molar-refractivity contribution in [2.24, 2.45) is 7.05 Å². The molecule has 1 heterocycles. The topological polar surface area (TPSA) is 31.2 Å². The normalized spacial score (nSPS) is 15.8. The minimum atomic E-state index is -0.255. The smallest absolute Gasteiger partial charge is 0.354 e. The van der Waals surface area contributed by atoms with Gasteiger partial charge in [-0.3, -0.25) is 0 Å². The van der Waals surface area contributed by atoms with Crippen molar-refractivity contribution >= 4 is 5.97 Å². The Labute approximate surface area is 77.3 Å². The van der Waals surface area contributed by atoms with Crippen molar-refractivity contribution in [2.45, 2.75) is 18.8 Å². The molecule has 1 aromatic heterocycles. The SMILES string of the molecule is COC(=O)c1cc(C2CC2)cn1C. The van der Waals surface area contributed by atoms with Crippen LogP contribution in [0.15, 0.2) is 12.3 Å². The summed E-state index contributed by atoms with van der Waals surface area (Å²) in [6.45, 7) is 0. The van der Waals surface area contributed by atoms with Crippen LogP contribution < -0.4 is 0 Å². The van der Waals surface area contributed by atoms with Crippen LogP contribution in [-0.4, -0.2) is 17.6 Å². The first-order valence-electron chi connectivity index (χ1n) is 4.47. The molecule has 0 N–H and O–H groups in total. The molecule has 13 heavy (non-hydrogen) atoms. The van der Waals surface area contributed by atoms with Gasteiger partial charge in [0.1, 0.15) is 5.69 Å². The Morgan fingerprint density at radius 1 is 1.62 bits per heavy atom. The zero-order valence-corrected chi connectivity index (χ0v) is 7.91. The number of esters is 1. The molecule has 3 heteroatoms. The van der Waals surface area contributed by atoms with Gasteiger partial charge < -0.3 is 9.30 Å². The van der Waals surface area contributed by atoms with E-state index in [1.54, 1.807) is 0 Å². The summed E-state index contributed by atoms with van der Waals surface area (Å²) in [7, 11) is 3.28. The Morgan fingerprint density at radius 3 is 2.85 bits per heavy atom. The van der Waals surface area contributed by atoms with Gasteiger partial charge in [0.25, 0.3) is 0 Å². The average molecular weight is 179 g/mol. The highest BCUT2D eigenvalue weighted by Crippen LogP contribution is 2.40. The molecule has 1 saturated carbocycles. The van der Waals surface area contributed by atoms with Gasteiger partial charge in [-0.15, -0.1) is 0 Å². The number of aromatic nitrogens is 1. The lowest BCUT2D eigenvalue weighted by molar-refractivity contribution is 0.0590. The van der Waals surface area contributed by atoms with E-state index in [1.807, 2.05) is 23.9 Å². The van der Waals surface area contributed by atoms with Crippen molar-refractivity contribution < 1.29 is 9.53 Å². The third-order valence-electron chi connectivity index (χ3n) is 2.47. The number of aryl methyl sites for hydroxylation is 1. The van der Waals surface area contributed by atoms with Crippen LogP contribution in [0.3, 0.4) is 0 Å². The molecule has 0 bridgehead atoms. The molecule has 1 aliphatic rings. The average Bonchev–Trinajstić information content (AvgIpc) is 2.89. The quantitative estimate of drug-likeness (QED) is 0.647. The van der Waals surface area contributed by atoms with E-state index < -0.39 is 0 Å². The summed E-state index contributed by atoms with van der Waals surface area (Å²) >= 11 is 0. The first kappa shape index (κ1) is 8.35. The summed E-state index contributed by atoms with van der Waals surface area (Å²) in [6.07, 6.45) is 4.53. The number of ether oxygens (including phenoxy) is 1. The van der Waals surface area contributed by atoms with Crippen molar-refractivity contribution in [3.05, 3.63) is 23.5 Å². The molecule has 2 rings (SSSR count). The predicted octanol–water partition coefficient (Wildman–Crippen LogP) is 1.69. The van der Waals surface area contributed by atoms with Crippen LogP contribution >= 0.6 is 0 Å². The largest absolute Gasteiger partial charge is 0.464 e. The highest BCUT2D eigenvalue weighted by molar-refractivity contribution is 5.88. The monoisotopic (exact) mass is 179 g/mol. The molecule has 1 aromatic rings. The van der Waals surface area contributed by atoms with Crippen LogP contribution in [-0.2, 0) is 11.8 Å². The summed E-state index contributed by atoms with van der Waals surface area (Å²) in [5.74, 6) is 0.430. The van der Waals surface area contributed by atoms with Gasteiger partial charge in [0.15, 0.2) is 0 Å². The van der Waals surface area contributed by atoms with Crippen molar-refractivity contribution in [1.82, 2.24) is 4.57 Å². The number of nitrogens with zero attached hydrogens (tertiary/aromatic N) is 1. The zero-order valence-electron chi connectivity index (χ0n) is 7.91. The van der Waals surface area contributed by atoms with E-state index in [0.717, 1.165) is 0 Å². The third-order valence-corrected chi connectivity index (χ3v) is 2.47. The highest BCUT2D eigenvalue weighted by atomic mass is 16.5. The predicted molar refractivity (Wildman–Crippen MR) is 48.7 cm³/mol. The molecule has 1 aliphatic carbocycles. The minimum absolute atomic E-state index is 0.255. The zero-order chi connectivity index (χ0) is 9.42. The lowest BCUT2D eigenvalue weighted by Gasteiger charge is -1.98. The van der Waals surface area contributed by atoms with Crippen molar-refractivity contribution in [2.75, 3.05) is 7.11 Å². The van der Waals surface area contributed by atoms with Crippen molar-refractivity contribution in [1.29, 1.82) is 0 Å². The second-order valence-corrected chi connectivity index (χ2v) is 3.54. The number of carbonyl (C=O) groups is 1. The Kier molecular flexibility index (Phi) is 1.87. The molecule has 0 spiro atoms. The lowest BCUT2D eigenvalue weighted by atomic mass is 10.2. The fourth-order valence-electron chi connectivity index (χ4n) is 1.54. The Bertz CT molecular complexity index is 337. The van der Waals surface area contributed by atoms with Gasteiger partial charge in [-0.2, -0.15) is 0 Å². The van der Waals surface area contributed by atoms with Crippen LogP contribution in [0.1, 0.15) is 34.8 Å². The lowest BCUT2D eigenvalue weighted by Crippen LogP contribution is -2.06. The molecule has 0 radical (unpaired) electrons. The van der Waals surface area contributed by atoms with Crippen LogP contribution in [0.2, 0.25) is 0 Å². The molecule has 3 nitrogen and oxygen atoms in total. The number of carbonyl (C=O) groups excluding carboxylic acids is 1. The third kappa shape index (κ3) is 1.46. The Hall–Kier alpha value is -1.25. The first-order valence-corrected chi connectivity index (χ1v) is 4.47. The van der Waals surface area contributed by atoms with E-state index in [2.05, 4.69) is 4.74 Å². The van der Waals surface area contributed by atoms with E-state index in [-0.39, 0.29) is 5.97 Å². The van der Waals surface area contributed by atoms with Gasteiger partial charge in [0, 0.05) is 13.2 Å². The highest BCUT2D eigenvalue weighted by Gasteiger charge is 2.26. The van der Waals surface area contributed by atoms with Crippen LogP contribution in [0, 0.1) is 0 Å². The molecule has 0 saturated heterocycles. The molecule has 0 amide bonds. The van der Waals surface area contributed by atoms with E-state index >= 15 is 0 Å². The van der Waals surface area contributed by atoms with Gasteiger partial charge in [-0.25, -0.2) is 4.79 Å². The van der Waals surface area contributed by atoms with E-state index in [9.17, 15) is 4.79 Å². The Morgan fingerprint density at radius 2 is 2.31 bits per heavy atom. The van der Waals surface area contributed by atoms with Crippen molar-refractivity contribution in [3.8, 4) is 0 Å². The summed E-state index contributed by atoms with van der Waals surface area (Å²) in [6, 6.07) is 1.93. The van der Waals surface area contributed by atoms with Crippen LogP contribution in [0.25, 0.3) is 0 Å². The molecular formula is C10H13NO2. The summed E-state index contributed by atoms with van der Waals surface area (Å²) in [5, 5.41) is 0. The maximum atomic E-state index is 11.2. The van der Waals surface area contributed by atoms with Gasteiger partial charge in [0.2, 0.25) is 0 Å². The van der Waals surface area contributed by atoms with Gasteiger partial charge in [-0.1, -0.05) is 0 Å². The second kappa shape index (κ2) is 2.91. The van der Waals surface area contributed by atoms with E-state index in [4.69, 9.17) is 0 Å². The Balaban J connectivity index is 2.29. The fourth-order valence-corrected chi connectivity index (χ4v) is 1.54. The molecule has 70 valence electrons. The standard InChI is InChI=1S/C10H13NO2/c1-11-6-8(7-3-4-7)5-9(11)10(12)13-2/h5-7H,3-4H2,1-2H3.